The average Bonchev–Trinajstić information content (AvgIpc) is 3.14. The van der Waals surface area contributed by atoms with Crippen molar-refractivity contribution in [3.63, 3.8) is 0 Å². The number of amides is 1. The Morgan fingerprint density at radius 3 is 2.93 bits per heavy atom. The van der Waals surface area contributed by atoms with Crippen LogP contribution < -0.4 is 15.0 Å². The second-order valence-corrected chi connectivity index (χ2v) is 6.17. The summed E-state index contributed by atoms with van der Waals surface area (Å²) in [6.45, 7) is 0.408. The number of rotatable bonds is 4. The zero-order chi connectivity index (χ0) is 18.8. The molecule has 27 heavy (non-hydrogen) atoms. The number of hydrogen-bond acceptors (Lipinski definition) is 5. The molecule has 0 bridgehead atoms. The highest BCUT2D eigenvalue weighted by Crippen LogP contribution is 2.32. The van der Waals surface area contributed by atoms with Crippen LogP contribution in [0.4, 0.5) is 0 Å². The third-order valence-corrected chi connectivity index (χ3v) is 4.24. The van der Waals surface area contributed by atoms with E-state index in [9.17, 15) is 9.59 Å². The van der Waals surface area contributed by atoms with Gasteiger partial charge in [0, 0.05) is 13.1 Å². The van der Waals surface area contributed by atoms with Crippen LogP contribution in [0.2, 0.25) is 0 Å². The summed E-state index contributed by atoms with van der Waals surface area (Å²) in [7, 11) is 1.65. The molecule has 2 heterocycles. The van der Waals surface area contributed by atoms with Gasteiger partial charge in [0.25, 0.3) is 5.56 Å². The van der Waals surface area contributed by atoms with E-state index in [0.717, 1.165) is 5.56 Å². The quantitative estimate of drug-likeness (QED) is 0.719. The molecule has 136 valence electrons. The molecule has 0 aliphatic carbocycles. The number of para-hydroxylation sites is 1. The maximum Gasteiger partial charge on any atom is 0.258 e. The molecule has 7 nitrogen and oxygen atoms in total. The first kappa shape index (κ1) is 16.8. The van der Waals surface area contributed by atoms with Crippen LogP contribution in [0.15, 0.2) is 53.3 Å². The van der Waals surface area contributed by atoms with Gasteiger partial charge in [-0.25, -0.2) is 4.98 Å². The molecular weight excluding hydrogens is 346 g/mol. The van der Waals surface area contributed by atoms with Crippen molar-refractivity contribution in [3.05, 3.63) is 70.3 Å². The number of likely N-dealkylation sites (N-methyl/N-ethyl adjacent to an activating group) is 1. The fourth-order valence-corrected chi connectivity index (χ4v) is 2.82. The van der Waals surface area contributed by atoms with E-state index < -0.39 is 0 Å². The lowest BCUT2D eigenvalue weighted by atomic mass is 10.2. The van der Waals surface area contributed by atoms with E-state index in [1.54, 1.807) is 37.4 Å². The molecule has 0 radical (unpaired) electrons. The van der Waals surface area contributed by atoms with Crippen LogP contribution in [0.5, 0.6) is 11.5 Å². The highest BCUT2D eigenvalue weighted by Gasteiger charge is 2.13. The van der Waals surface area contributed by atoms with Crippen LogP contribution in [0.1, 0.15) is 11.4 Å². The van der Waals surface area contributed by atoms with Crippen molar-refractivity contribution in [2.45, 2.75) is 6.54 Å². The molecule has 7 heteroatoms. The highest BCUT2D eigenvalue weighted by molar-refractivity contribution is 5.91. The number of carbonyl (C=O) groups excluding carboxylic acids is 1. The Hall–Kier alpha value is -3.61. The van der Waals surface area contributed by atoms with Gasteiger partial charge in [0.15, 0.2) is 11.5 Å². The van der Waals surface area contributed by atoms with Crippen LogP contribution in [0.3, 0.4) is 0 Å². The third kappa shape index (κ3) is 3.52. The number of H-pyrrole nitrogens is 1. The van der Waals surface area contributed by atoms with Crippen LogP contribution in [-0.2, 0) is 11.3 Å². The standard InChI is InChI=1S/C20H17N3O4/c1-23(11-18-21-15-5-3-2-4-14(15)20(25)22-18)19(24)9-7-13-6-8-16-17(10-13)27-12-26-16/h2-10H,11-12H2,1H3,(H,21,22,25). The molecule has 0 unspecified atom stereocenters. The number of nitrogens with one attached hydrogen (secondary N) is 1. The summed E-state index contributed by atoms with van der Waals surface area (Å²) >= 11 is 0. The Kier molecular flexibility index (Phi) is 4.33. The zero-order valence-electron chi connectivity index (χ0n) is 14.6. The molecule has 0 saturated heterocycles. The van der Waals surface area contributed by atoms with Crippen molar-refractivity contribution in [1.29, 1.82) is 0 Å². The molecule has 1 amide bonds. The Bertz CT molecular complexity index is 1100. The van der Waals surface area contributed by atoms with E-state index in [4.69, 9.17) is 9.47 Å². The number of benzene rings is 2. The number of fused-ring (bicyclic) bond motifs is 2. The zero-order valence-corrected chi connectivity index (χ0v) is 14.6. The van der Waals surface area contributed by atoms with Gasteiger partial charge < -0.3 is 19.4 Å². The number of hydrogen-bond donors (Lipinski definition) is 1. The van der Waals surface area contributed by atoms with E-state index in [1.807, 2.05) is 18.2 Å². The first-order chi connectivity index (χ1) is 13.1. The first-order valence-electron chi connectivity index (χ1n) is 8.41. The molecule has 1 aliphatic rings. The van der Waals surface area contributed by atoms with E-state index in [-0.39, 0.29) is 24.8 Å². The topological polar surface area (TPSA) is 84.5 Å². The van der Waals surface area contributed by atoms with Gasteiger partial charge in [-0.2, -0.15) is 0 Å². The smallest absolute Gasteiger partial charge is 0.258 e. The van der Waals surface area contributed by atoms with Gasteiger partial charge in [-0.1, -0.05) is 18.2 Å². The van der Waals surface area contributed by atoms with Gasteiger partial charge >= 0.3 is 0 Å². The summed E-state index contributed by atoms with van der Waals surface area (Å²) in [5, 5.41) is 0.526. The maximum atomic E-state index is 12.4. The number of carbonyl (C=O) groups is 1. The molecule has 0 atom stereocenters. The highest BCUT2D eigenvalue weighted by atomic mass is 16.7. The summed E-state index contributed by atoms with van der Waals surface area (Å²) in [4.78, 5) is 33.1. The van der Waals surface area contributed by atoms with Gasteiger partial charge in [-0.3, -0.25) is 9.59 Å². The number of ether oxygens (including phenoxy) is 2. The Morgan fingerprint density at radius 2 is 2.04 bits per heavy atom. The number of nitrogens with zero attached hydrogens (tertiary/aromatic N) is 2. The molecule has 1 aliphatic heterocycles. The molecule has 0 spiro atoms. The summed E-state index contributed by atoms with van der Waals surface area (Å²) < 4.78 is 10.6. The second kappa shape index (κ2) is 6.95. The molecule has 2 aromatic carbocycles. The van der Waals surface area contributed by atoms with Gasteiger partial charge in [-0.15, -0.1) is 0 Å². The van der Waals surface area contributed by atoms with Gasteiger partial charge in [-0.05, 0) is 35.9 Å². The molecule has 0 saturated carbocycles. The Morgan fingerprint density at radius 1 is 1.22 bits per heavy atom. The largest absolute Gasteiger partial charge is 0.454 e. The van der Waals surface area contributed by atoms with E-state index in [1.165, 1.54) is 11.0 Å². The molecule has 4 rings (SSSR count). The van der Waals surface area contributed by atoms with E-state index in [0.29, 0.717) is 28.2 Å². The monoisotopic (exact) mass is 363 g/mol. The van der Waals surface area contributed by atoms with Crippen molar-refractivity contribution in [1.82, 2.24) is 14.9 Å². The number of aromatic amines is 1. The molecular formula is C20H17N3O4. The lowest BCUT2D eigenvalue weighted by molar-refractivity contribution is -0.125. The van der Waals surface area contributed by atoms with E-state index >= 15 is 0 Å². The van der Waals surface area contributed by atoms with Crippen molar-refractivity contribution < 1.29 is 14.3 Å². The van der Waals surface area contributed by atoms with Gasteiger partial charge in [0.1, 0.15) is 5.82 Å². The lowest BCUT2D eigenvalue weighted by Gasteiger charge is -2.14. The SMILES string of the molecule is CN(Cc1nc2ccccc2c(=O)[nH]1)C(=O)C=Cc1ccc2c(c1)OCO2. The van der Waals surface area contributed by atoms with Gasteiger partial charge in [0.2, 0.25) is 12.7 Å². The average molecular weight is 363 g/mol. The van der Waals surface area contributed by atoms with Crippen molar-refractivity contribution >= 4 is 22.9 Å². The summed E-state index contributed by atoms with van der Waals surface area (Å²) in [6, 6.07) is 12.6. The van der Waals surface area contributed by atoms with Crippen molar-refractivity contribution in [3.8, 4) is 11.5 Å². The second-order valence-electron chi connectivity index (χ2n) is 6.17. The third-order valence-electron chi connectivity index (χ3n) is 4.24. The first-order valence-corrected chi connectivity index (χ1v) is 8.41. The summed E-state index contributed by atoms with van der Waals surface area (Å²) in [5.74, 6) is 1.59. The van der Waals surface area contributed by atoms with Crippen LogP contribution >= 0.6 is 0 Å². The predicted octanol–water partition coefficient (Wildman–Crippen LogP) is 2.32. The van der Waals surface area contributed by atoms with Crippen molar-refractivity contribution in [2.75, 3.05) is 13.8 Å². The molecule has 3 aromatic rings. The lowest BCUT2D eigenvalue weighted by Crippen LogP contribution is -2.26. The molecule has 1 N–H and O–H groups in total. The van der Waals surface area contributed by atoms with E-state index in [2.05, 4.69) is 9.97 Å². The van der Waals surface area contributed by atoms with Crippen LogP contribution in [-0.4, -0.2) is 34.6 Å². The maximum absolute atomic E-state index is 12.4. The fraction of sp³-hybridized carbons (Fsp3) is 0.150. The normalized spacial score (nSPS) is 12.6. The van der Waals surface area contributed by atoms with Crippen LogP contribution in [0.25, 0.3) is 17.0 Å². The molecule has 1 aromatic heterocycles. The minimum absolute atomic E-state index is 0.199. The predicted molar refractivity (Wildman–Crippen MR) is 100 cm³/mol. The summed E-state index contributed by atoms with van der Waals surface area (Å²) in [6.07, 6.45) is 3.17. The fourth-order valence-electron chi connectivity index (χ4n) is 2.82. The minimum atomic E-state index is -0.215. The van der Waals surface area contributed by atoms with Crippen molar-refractivity contribution in [2.24, 2.45) is 0 Å². The molecule has 0 fully saturated rings. The Labute approximate surface area is 154 Å². The minimum Gasteiger partial charge on any atom is -0.454 e. The van der Waals surface area contributed by atoms with Crippen LogP contribution in [0, 0.1) is 0 Å². The van der Waals surface area contributed by atoms with Gasteiger partial charge in [0.05, 0.1) is 17.4 Å². The number of aromatic nitrogens is 2. The summed E-state index contributed by atoms with van der Waals surface area (Å²) in [5.41, 5.74) is 1.22. The Balaban J connectivity index is 1.47.